The van der Waals surface area contributed by atoms with Crippen molar-refractivity contribution in [2.24, 2.45) is 0 Å². The van der Waals surface area contributed by atoms with E-state index in [1.807, 2.05) is 0 Å². The maximum absolute atomic E-state index is 12.0. The highest BCUT2D eigenvalue weighted by Gasteiger charge is 2.11. The summed E-state index contributed by atoms with van der Waals surface area (Å²) in [4.78, 5) is 38.4. The smallest absolute Gasteiger partial charge is 0.339 e. The van der Waals surface area contributed by atoms with Gasteiger partial charge in [-0.05, 0) is 43.3 Å². The van der Waals surface area contributed by atoms with Gasteiger partial charge < -0.3 is 10.1 Å². The van der Waals surface area contributed by atoms with Crippen molar-refractivity contribution in [3.05, 3.63) is 59.4 Å². The molecule has 1 aromatic carbocycles. The van der Waals surface area contributed by atoms with Gasteiger partial charge >= 0.3 is 5.97 Å². The molecule has 0 fully saturated rings. The average Bonchev–Trinajstić information content (AvgIpc) is 2.54. The van der Waals surface area contributed by atoms with Crippen LogP contribution in [0, 0.1) is 0 Å². The van der Waals surface area contributed by atoms with Crippen molar-refractivity contribution in [1.82, 2.24) is 4.98 Å². The number of hydrogen-bond acceptors (Lipinski definition) is 5. The number of methoxy groups -OCH3 is 1. The van der Waals surface area contributed by atoms with Crippen molar-refractivity contribution in [3.8, 4) is 0 Å². The number of Topliss-reactive ketones (excluding diaryl/α,β-unsaturated/α-hetero) is 1. The molecule has 0 saturated carbocycles. The highest BCUT2D eigenvalue weighted by Crippen LogP contribution is 2.11. The van der Waals surface area contributed by atoms with E-state index in [1.165, 1.54) is 32.4 Å². The van der Waals surface area contributed by atoms with E-state index in [0.717, 1.165) is 0 Å². The molecule has 0 radical (unpaired) electrons. The van der Waals surface area contributed by atoms with E-state index < -0.39 is 11.9 Å². The van der Waals surface area contributed by atoms with Crippen molar-refractivity contribution in [1.29, 1.82) is 0 Å². The fourth-order valence-corrected chi connectivity index (χ4v) is 1.75. The quantitative estimate of drug-likeness (QED) is 0.691. The SMILES string of the molecule is COC(=O)c1ccc(C(=O)Nc2ccc(C(C)=O)cc2)nc1. The summed E-state index contributed by atoms with van der Waals surface area (Å²) in [6, 6.07) is 9.43. The number of benzene rings is 1. The minimum absolute atomic E-state index is 0.0436. The van der Waals surface area contributed by atoms with Gasteiger partial charge in [-0.1, -0.05) is 0 Å². The van der Waals surface area contributed by atoms with Crippen molar-refractivity contribution >= 4 is 23.3 Å². The van der Waals surface area contributed by atoms with E-state index in [4.69, 9.17) is 0 Å². The first kappa shape index (κ1) is 15.4. The van der Waals surface area contributed by atoms with E-state index in [9.17, 15) is 14.4 Å². The van der Waals surface area contributed by atoms with Crippen LogP contribution in [0.4, 0.5) is 5.69 Å². The van der Waals surface area contributed by atoms with Gasteiger partial charge in [0, 0.05) is 17.4 Å². The van der Waals surface area contributed by atoms with Gasteiger partial charge in [-0.2, -0.15) is 0 Å². The van der Waals surface area contributed by atoms with E-state index >= 15 is 0 Å². The number of nitrogens with zero attached hydrogens (tertiary/aromatic N) is 1. The fraction of sp³-hybridized carbons (Fsp3) is 0.125. The number of hydrogen-bond donors (Lipinski definition) is 1. The van der Waals surface area contributed by atoms with Crippen molar-refractivity contribution in [2.75, 3.05) is 12.4 Å². The zero-order chi connectivity index (χ0) is 16.1. The number of esters is 1. The monoisotopic (exact) mass is 298 g/mol. The van der Waals surface area contributed by atoms with Crippen molar-refractivity contribution < 1.29 is 19.1 Å². The number of anilines is 1. The maximum Gasteiger partial charge on any atom is 0.339 e. The van der Waals surface area contributed by atoms with E-state index in [-0.39, 0.29) is 17.0 Å². The molecule has 1 N–H and O–H groups in total. The Balaban J connectivity index is 2.08. The van der Waals surface area contributed by atoms with Crippen LogP contribution in [0.5, 0.6) is 0 Å². The van der Waals surface area contributed by atoms with E-state index in [1.54, 1.807) is 24.3 Å². The zero-order valence-corrected chi connectivity index (χ0v) is 12.1. The summed E-state index contributed by atoms with van der Waals surface area (Å²) in [7, 11) is 1.27. The molecule has 6 nitrogen and oxygen atoms in total. The Labute approximate surface area is 127 Å². The summed E-state index contributed by atoms with van der Waals surface area (Å²) in [5.41, 5.74) is 1.56. The Hall–Kier alpha value is -3.02. The number of amides is 1. The molecule has 0 saturated heterocycles. The van der Waals surface area contributed by atoms with Crippen LogP contribution < -0.4 is 5.32 Å². The number of carbonyl (C=O) groups excluding carboxylic acids is 3. The van der Waals surface area contributed by atoms with Crippen LogP contribution in [0.1, 0.15) is 38.1 Å². The molecular weight excluding hydrogens is 284 g/mol. The predicted octanol–water partition coefficient (Wildman–Crippen LogP) is 2.32. The molecule has 112 valence electrons. The molecule has 0 aliphatic rings. The topological polar surface area (TPSA) is 85.4 Å². The summed E-state index contributed by atoms with van der Waals surface area (Å²) in [6.45, 7) is 1.47. The van der Waals surface area contributed by atoms with Crippen molar-refractivity contribution in [2.45, 2.75) is 6.92 Å². The maximum atomic E-state index is 12.0. The third kappa shape index (κ3) is 3.54. The minimum Gasteiger partial charge on any atom is -0.465 e. The van der Waals surface area contributed by atoms with E-state index in [2.05, 4.69) is 15.0 Å². The normalized spacial score (nSPS) is 9.91. The van der Waals surface area contributed by atoms with Crippen LogP contribution >= 0.6 is 0 Å². The van der Waals surface area contributed by atoms with Gasteiger partial charge in [0.25, 0.3) is 5.91 Å². The second-order valence-corrected chi connectivity index (χ2v) is 4.51. The van der Waals surface area contributed by atoms with Crippen LogP contribution in [-0.4, -0.2) is 29.8 Å². The van der Waals surface area contributed by atoms with Gasteiger partial charge in [0.1, 0.15) is 5.69 Å². The second kappa shape index (κ2) is 6.62. The first-order valence-corrected chi connectivity index (χ1v) is 6.48. The lowest BCUT2D eigenvalue weighted by Gasteiger charge is -2.06. The summed E-state index contributed by atoms with van der Waals surface area (Å²) in [5, 5.41) is 2.66. The van der Waals surface area contributed by atoms with Crippen molar-refractivity contribution in [3.63, 3.8) is 0 Å². The first-order valence-electron chi connectivity index (χ1n) is 6.48. The lowest BCUT2D eigenvalue weighted by Crippen LogP contribution is -2.14. The van der Waals surface area contributed by atoms with Crippen LogP contribution in [0.2, 0.25) is 0 Å². The molecule has 2 aromatic rings. The van der Waals surface area contributed by atoms with Gasteiger partial charge in [0.05, 0.1) is 12.7 Å². The van der Waals surface area contributed by atoms with Crippen LogP contribution in [0.25, 0.3) is 0 Å². The Morgan fingerprint density at radius 2 is 1.64 bits per heavy atom. The summed E-state index contributed by atoms with van der Waals surface area (Å²) in [5.74, 6) is -0.968. The largest absolute Gasteiger partial charge is 0.465 e. The number of nitrogens with one attached hydrogen (secondary N) is 1. The second-order valence-electron chi connectivity index (χ2n) is 4.51. The van der Waals surface area contributed by atoms with Gasteiger partial charge in [-0.3, -0.25) is 14.6 Å². The molecule has 0 aliphatic carbocycles. The Morgan fingerprint density at radius 3 is 2.14 bits per heavy atom. The number of rotatable bonds is 4. The number of ketones is 1. The molecule has 22 heavy (non-hydrogen) atoms. The van der Waals surface area contributed by atoms with E-state index in [0.29, 0.717) is 11.3 Å². The molecular formula is C16H14N2O4. The molecule has 1 aromatic heterocycles. The fourth-order valence-electron chi connectivity index (χ4n) is 1.75. The first-order chi connectivity index (χ1) is 10.5. The van der Waals surface area contributed by atoms with Gasteiger partial charge in [0.2, 0.25) is 0 Å². The molecule has 6 heteroatoms. The predicted molar refractivity (Wildman–Crippen MR) is 80.0 cm³/mol. The number of aromatic nitrogens is 1. The highest BCUT2D eigenvalue weighted by atomic mass is 16.5. The zero-order valence-electron chi connectivity index (χ0n) is 12.1. The third-order valence-corrected chi connectivity index (χ3v) is 2.97. The summed E-state index contributed by atoms with van der Waals surface area (Å²) >= 11 is 0. The van der Waals surface area contributed by atoms with Crippen LogP contribution in [0.3, 0.4) is 0 Å². The third-order valence-electron chi connectivity index (χ3n) is 2.97. The molecule has 0 unspecified atom stereocenters. The van der Waals surface area contributed by atoms with Gasteiger partial charge in [0.15, 0.2) is 5.78 Å². The molecule has 2 rings (SSSR count). The Morgan fingerprint density at radius 1 is 1.00 bits per heavy atom. The molecule has 1 amide bonds. The number of carbonyl (C=O) groups is 3. The van der Waals surface area contributed by atoms with Gasteiger partial charge in [-0.25, -0.2) is 4.79 Å². The summed E-state index contributed by atoms with van der Waals surface area (Å²) < 4.78 is 4.56. The van der Waals surface area contributed by atoms with Crippen LogP contribution in [-0.2, 0) is 4.74 Å². The summed E-state index contributed by atoms with van der Waals surface area (Å²) in [6.07, 6.45) is 1.28. The highest BCUT2D eigenvalue weighted by molar-refractivity contribution is 6.03. The van der Waals surface area contributed by atoms with Gasteiger partial charge in [-0.15, -0.1) is 0 Å². The lowest BCUT2D eigenvalue weighted by atomic mass is 10.1. The standard InChI is InChI=1S/C16H14N2O4/c1-10(19)11-3-6-13(7-4-11)18-15(20)14-8-5-12(9-17-14)16(21)22-2/h3-9H,1-2H3,(H,18,20). The number of ether oxygens (including phenoxy) is 1. The number of pyridine rings is 1. The minimum atomic E-state index is -0.515. The molecule has 0 aliphatic heterocycles. The molecule has 0 spiro atoms. The van der Waals surface area contributed by atoms with Crippen LogP contribution in [0.15, 0.2) is 42.6 Å². The lowest BCUT2D eigenvalue weighted by molar-refractivity contribution is 0.0599. The molecule has 0 atom stereocenters. The molecule has 0 bridgehead atoms. The average molecular weight is 298 g/mol. The Kier molecular flexibility index (Phi) is 4.63. The molecule has 1 heterocycles. The Bertz CT molecular complexity index is 706.